The summed E-state index contributed by atoms with van der Waals surface area (Å²) in [5, 5.41) is 12.3. The monoisotopic (exact) mass is 376 g/mol. The Bertz CT molecular complexity index is 825. The van der Waals surface area contributed by atoms with Crippen LogP contribution in [0.25, 0.3) is 0 Å². The molecular formula is C18H17ClN2O5. The summed E-state index contributed by atoms with van der Waals surface area (Å²) in [5.74, 6) is -1.82. The van der Waals surface area contributed by atoms with Gasteiger partial charge in [0.25, 0.3) is 5.91 Å². The maximum absolute atomic E-state index is 12.0. The summed E-state index contributed by atoms with van der Waals surface area (Å²) >= 11 is 5.95. The molecule has 0 fully saturated rings. The number of likely N-dealkylation sites (N-methyl/N-ethyl adjacent to an activating group) is 1. The minimum absolute atomic E-state index is 0.0841. The van der Waals surface area contributed by atoms with Crippen LogP contribution in [0.1, 0.15) is 10.4 Å². The summed E-state index contributed by atoms with van der Waals surface area (Å²) in [6.07, 6.45) is 0. The molecule has 136 valence electrons. The molecule has 2 N–H and O–H groups in total. The number of benzene rings is 2. The minimum atomic E-state index is -0.747. The van der Waals surface area contributed by atoms with Crippen LogP contribution < -0.4 is 5.32 Å². The van der Waals surface area contributed by atoms with Crippen LogP contribution in [0.3, 0.4) is 0 Å². The lowest BCUT2D eigenvalue weighted by atomic mass is 10.2. The highest BCUT2D eigenvalue weighted by molar-refractivity contribution is 6.33. The number of aromatic hydroxyl groups is 1. The Morgan fingerprint density at radius 3 is 2.58 bits per heavy atom. The Balaban J connectivity index is 1.82. The van der Waals surface area contributed by atoms with Crippen LogP contribution in [0.15, 0.2) is 48.5 Å². The van der Waals surface area contributed by atoms with Gasteiger partial charge in [0.15, 0.2) is 6.61 Å². The lowest BCUT2D eigenvalue weighted by Crippen LogP contribution is -2.37. The van der Waals surface area contributed by atoms with E-state index in [1.54, 1.807) is 24.3 Å². The number of carbonyl (C=O) groups excluding carboxylic acids is 3. The zero-order chi connectivity index (χ0) is 19.1. The Kier molecular flexibility index (Phi) is 6.57. The molecule has 7 nitrogen and oxygen atoms in total. The van der Waals surface area contributed by atoms with Crippen molar-refractivity contribution in [1.82, 2.24) is 4.90 Å². The van der Waals surface area contributed by atoms with Crippen LogP contribution in [-0.2, 0) is 14.3 Å². The standard InChI is InChI=1S/C18H17ClN2O5/c1-21(10-16(23)20-15-8-3-2-7-14(15)19)17(24)11-26-18(25)12-5-4-6-13(22)9-12/h2-9,22H,10-11H2,1H3,(H,20,23). The SMILES string of the molecule is CN(CC(=O)Nc1ccccc1Cl)C(=O)COC(=O)c1cccc(O)c1. The maximum Gasteiger partial charge on any atom is 0.338 e. The number of nitrogens with zero attached hydrogens (tertiary/aromatic N) is 1. The molecule has 0 saturated heterocycles. The smallest absolute Gasteiger partial charge is 0.338 e. The predicted octanol–water partition coefficient (Wildman–Crippen LogP) is 2.30. The predicted molar refractivity (Wildman–Crippen MR) is 96.1 cm³/mol. The van der Waals surface area contributed by atoms with Gasteiger partial charge in [-0.1, -0.05) is 29.8 Å². The number of anilines is 1. The second kappa shape index (κ2) is 8.87. The van der Waals surface area contributed by atoms with Gasteiger partial charge >= 0.3 is 5.97 Å². The molecule has 0 aromatic heterocycles. The fourth-order valence-corrected chi connectivity index (χ4v) is 2.19. The Hall–Kier alpha value is -3.06. The second-order valence-corrected chi connectivity index (χ2v) is 5.81. The van der Waals surface area contributed by atoms with Crippen molar-refractivity contribution in [2.24, 2.45) is 0 Å². The third-order valence-corrected chi connectivity index (χ3v) is 3.69. The van der Waals surface area contributed by atoms with Crippen molar-refractivity contribution < 1.29 is 24.2 Å². The molecule has 0 bridgehead atoms. The summed E-state index contributed by atoms with van der Waals surface area (Å²) in [6.45, 7) is -0.752. The Morgan fingerprint density at radius 1 is 1.15 bits per heavy atom. The van der Waals surface area contributed by atoms with E-state index in [1.165, 1.54) is 31.3 Å². The van der Waals surface area contributed by atoms with E-state index in [0.717, 1.165) is 4.90 Å². The van der Waals surface area contributed by atoms with Gasteiger partial charge in [0.2, 0.25) is 5.91 Å². The summed E-state index contributed by atoms with van der Waals surface area (Å²) in [6, 6.07) is 12.3. The molecule has 0 heterocycles. The van der Waals surface area contributed by atoms with Gasteiger partial charge < -0.3 is 20.1 Å². The lowest BCUT2D eigenvalue weighted by Gasteiger charge is -2.17. The zero-order valence-electron chi connectivity index (χ0n) is 13.9. The fourth-order valence-electron chi connectivity index (χ4n) is 2.01. The molecule has 0 aliphatic heterocycles. The van der Waals surface area contributed by atoms with Gasteiger partial charge in [-0.25, -0.2) is 4.79 Å². The zero-order valence-corrected chi connectivity index (χ0v) is 14.7. The molecule has 26 heavy (non-hydrogen) atoms. The van der Waals surface area contributed by atoms with Crippen LogP contribution in [0, 0.1) is 0 Å². The molecule has 0 unspecified atom stereocenters. The highest BCUT2D eigenvalue weighted by atomic mass is 35.5. The van der Waals surface area contributed by atoms with E-state index in [-0.39, 0.29) is 17.9 Å². The fraction of sp³-hybridized carbons (Fsp3) is 0.167. The molecule has 8 heteroatoms. The molecule has 0 aliphatic carbocycles. The summed E-state index contributed by atoms with van der Waals surface area (Å²) in [4.78, 5) is 36.9. The van der Waals surface area contributed by atoms with Crippen LogP contribution in [-0.4, -0.2) is 48.0 Å². The van der Waals surface area contributed by atoms with Gasteiger partial charge in [-0.3, -0.25) is 9.59 Å². The number of para-hydroxylation sites is 1. The number of nitrogens with one attached hydrogen (secondary N) is 1. The Labute approximate surface area is 155 Å². The number of phenolic OH excluding ortho intramolecular Hbond substituents is 1. The quantitative estimate of drug-likeness (QED) is 0.754. The van der Waals surface area contributed by atoms with Gasteiger partial charge in [-0.15, -0.1) is 0 Å². The van der Waals surface area contributed by atoms with Crippen molar-refractivity contribution in [1.29, 1.82) is 0 Å². The first-order valence-corrected chi connectivity index (χ1v) is 7.99. The Morgan fingerprint density at radius 2 is 1.88 bits per heavy atom. The van der Waals surface area contributed by atoms with Crippen LogP contribution >= 0.6 is 11.6 Å². The molecule has 2 rings (SSSR count). The van der Waals surface area contributed by atoms with E-state index < -0.39 is 24.4 Å². The molecule has 2 aromatic carbocycles. The number of carbonyl (C=O) groups is 3. The lowest BCUT2D eigenvalue weighted by molar-refractivity contribution is -0.136. The van der Waals surface area contributed by atoms with Crippen LogP contribution in [0.5, 0.6) is 5.75 Å². The molecule has 2 amide bonds. The number of ether oxygens (including phenoxy) is 1. The number of esters is 1. The third kappa shape index (κ3) is 5.49. The van der Waals surface area contributed by atoms with Crippen LogP contribution in [0.2, 0.25) is 5.02 Å². The van der Waals surface area contributed by atoms with Gasteiger partial charge in [0.05, 0.1) is 22.8 Å². The van der Waals surface area contributed by atoms with Crippen molar-refractivity contribution in [2.75, 3.05) is 25.5 Å². The summed E-state index contributed by atoms with van der Waals surface area (Å²) in [5.41, 5.74) is 0.562. The topological polar surface area (TPSA) is 95.9 Å². The van der Waals surface area contributed by atoms with E-state index in [1.807, 2.05) is 0 Å². The van der Waals surface area contributed by atoms with E-state index >= 15 is 0 Å². The normalized spacial score (nSPS) is 10.1. The number of hydrogen-bond donors (Lipinski definition) is 2. The number of rotatable bonds is 6. The molecular weight excluding hydrogens is 360 g/mol. The molecule has 0 saturated carbocycles. The van der Waals surface area contributed by atoms with Crippen LogP contribution in [0.4, 0.5) is 5.69 Å². The van der Waals surface area contributed by atoms with Crippen molar-refractivity contribution in [2.45, 2.75) is 0 Å². The molecule has 0 atom stereocenters. The number of phenols is 1. The molecule has 2 aromatic rings. The molecule has 0 spiro atoms. The first kappa shape index (κ1) is 19.3. The van der Waals surface area contributed by atoms with E-state index in [0.29, 0.717) is 10.7 Å². The number of halogens is 1. The largest absolute Gasteiger partial charge is 0.508 e. The first-order valence-electron chi connectivity index (χ1n) is 7.61. The summed E-state index contributed by atoms with van der Waals surface area (Å²) in [7, 11) is 1.41. The highest BCUT2D eigenvalue weighted by Crippen LogP contribution is 2.20. The highest BCUT2D eigenvalue weighted by Gasteiger charge is 2.16. The maximum atomic E-state index is 12.0. The van der Waals surface area contributed by atoms with E-state index in [4.69, 9.17) is 16.3 Å². The van der Waals surface area contributed by atoms with Gasteiger partial charge in [-0.2, -0.15) is 0 Å². The molecule has 0 aliphatic rings. The average molecular weight is 377 g/mol. The summed E-state index contributed by atoms with van der Waals surface area (Å²) < 4.78 is 4.89. The minimum Gasteiger partial charge on any atom is -0.508 e. The van der Waals surface area contributed by atoms with Crippen molar-refractivity contribution in [3.63, 3.8) is 0 Å². The second-order valence-electron chi connectivity index (χ2n) is 5.40. The average Bonchev–Trinajstić information content (AvgIpc) is 2.61. The number of amides is 2. The van der Waals surface area contributed by atoms with Crippen molar-refractivity contribution in [3.8, 4) is 5.75 Å². The molecule has 0 radical (unpaired) electrons. The van der Waals surface area contributed by atoms with E-state index in [2.05, 4.69) is 5.32 Å². The van der Waals surface area contributed by atoms with Crippen molar-refractivity contribution >= 4 is 35.1 Å². The number of hydrogen-bond acceptors (Lipinski definition) is 5. The third-order valence-electron chi connectivity index (χ3n) is 3.36. The van der Waals surface area contributed by atoms with Gasteiger partial charge in [0.1, 0.15) is 5.75 Å². The van der Waals surface area contributed by atoms with Gasteiger partial charge in [-0.05, 0) is 30.3 Å². The first-order chi connectivity index (χ1) is 12.4. The van der Waals surface area contributed by atoms with Gasteiger partial charge in [0, 0.05) is 7.05 Å². The van der Waals surface area contributed by atoms with E-state index in [9.17, 15) is 19.5 Å². The van der Waals surface area contributed by atoms with Crippen molar-refractivity contribution in [3.05, 3.63) is 59.1 Å².